The fourth-order valence-electron chi connectivity index (χ4n) is 2.30. The lowest BCUT2D eigenvalue weighted by Gasteiger charge is -2.27. The third kappa shape index (κ3) is 5.53. The molecule has 2 atom stereocenters. The van der Waals surface area contributed by atoms with Gasteiger partial charge in [0.05, 0.1) is 0 Å². The van der Waals surface area contributed by atoms with Crippen molar-refractivity contribution in [1.82, 2.24) is 10.2 Å². The Labute approximate surface area is 95.4 Å². The fraction of sp³-hybridized carbons (Fsp3) is 1.00. The summed E-state index contributed by atoms with van der Waals surface area (Å²) in [6.45, 7) is 8.36. The van der Waals surface area contributed by atoms with Gasteiger partial charge in [-0.25, -0.2) is 0 Å². The Kier molecular flexibility index (Phi) is 6.26. The third-order valence-electron chi connectivity index (χ3n) is 3.59. The van der Waals surface area contributed by atoms with E-state index in [1.54, 1.807) is 0 Å². The van der Waals surface area contributed by atoms with Crippen molar-refractivity contribution < 1.29 is 0 Å². The second-order valence-electron chi connectivity index (χ2n) is 5.21. The fourth-order valence-corrected chi connectivity index (χ4v) is 2.30. The van der Waals surface area contributed by atoms with Gasteiger partial charge in [0.1, 0.15) is 0 Å². The molecule has 15 heavy (non-hydrogen) atoms. The molecule has 0 aromatic heterocycles. The number of nitrogens with zero attached hydrogens (tertiary/aromatic N) is 1. The molecule has 0 bridgehead atoms. The van der Waals surface area contributed by atoms with Gasteiger partial charge in [-0.05, 0) is 45.3 Å². The minimum atomic E-state index is 0.790. The molecule has 2 unspecified atom stereocenters. The monoisotopic (exact) mass is 212 g/mol. The Bertz CT molecular complexity index is 153. The van der Waals surface area contributed by atoms with Crippen molar-refractivity contribution in [3.63, 3.8) is 0 Å². The highest BCUT2D eigenvalue weighted by molar-refractivity contribution is 4.73. The lowest BCUT2D eigenvalue weighted by atomic mass is 10.0. The molecule has 2 heteroatoms. The van der Waals surface area contributed by atoms with Gasteiger partial charge in [0.2, 0.25) is 0 Å². The van der Waals surface area contributed by atoms with Crippen LogP contribution in [-0.4, -0.2) is 37.6 Å². The normalized spacial score (nSPS) is 24.4. The second-order valence-corrected chi connectivity index (χ2v) is 5.21. The number of piperidine rings is 1. The maximum atomic E-state index is 3.62. The Morgan fingerprint density at radius 3 is 2.80 bits per heavy atom. The van der Waals surface area contributed by atoms with E-state index >= 15 is 0 Å². The Balaban J connectivity index is 2.07. The van der Waals surface area contributed by atoms with Crippen LogP contribution in [0.15, 0.2) is 0 Å². The molecule has 90 valence electrons. The van der Waals surface area contributed by atoms with Gasteiger partial charge in [-0.15, -0.1) is 0 Å². The topological polar surface area (TPSA) is 15.3 Å². The highest BCUT2D eigenvalue weighted by atomic mass is 15.1. The first kappa shape index (κ1) is 13.0. The van der Waals surface area contributed by atoms with E-state index in [0.717, 1.165) is 12.0 Å². The van der Waals surface area contributed by atoms with Gasteiger partial charge >= 0.3 is 0 Å². The van der Waals surface area contributed by atoms with E-state index in [2.05, 4.69) is 31.1 Å². The van der Waals surface area contributed by atoms with Gasteiger partial charge < -0.3 is 10.2 Å². The number of nitrogens with one attached hydrogen (secondary N) is 1. The zero-order valence-corrected chi connectivity index (χ0v) is 10.8. The van der Waals surface area contributed by atoms with Crippen molar-refractivity contribution >= 4 is 0 Å². The van der Waals surface area contributed by atoms with Crippen LogP contribution < -0.4 is 5.32 Å². The first-order chi connectivity index (χ1) is 7.22. The van der Waals surface area contributed by atoms with Crippen LogP contribution in [0.4, 0.5) is 0 Å². The van der Waals surface area contributed by atoms with E-state index in [-0.39, 0.29) is 0 Å². The minimum Gasteiger partial charge on any atom is -0.314 e. The molecule has 1 heterocycles. The van der Waals surface area contributed by atoms with Crippen LogP contribution in [-0.2, 0) is 0 Å². The van der Waals surface area contributed by atoms with Crippen LogP contribution in [0, 0.1) is 5.92 Å². The van der Waals surface area contributed by atoms with Crippen LogP contribution in [0.5, 0.6) is 0 Å². The predicted octanol–water partition coefficient (Wildman–Crippen LogP) is 2.50. The Morgan fingerprint density at radius 1 is 1.40 bits per heavy atom. The molecule has 1 aliphatic heterocycles. The van der Waals surface area contributed by atoms with Crippen molar-refractivity contribution in [3.8, 4) is 0 Å². The Hall–Kier alpha value is -0.0800. The summed E-state index contributed by atoms with van der Waals surface area (Å²) in [6, 6.07) is 0.790. The molecule has 0 spiro atoms. The standard InChI is InChI=1S/C13H28N2/c1-4-12(2)11-15(3)10-8-13-7-5-6-9-14-13/h12-14H,4-11H2,1-3H3. The largest absolute Gasteiger partial charge is 0.314 e. The van der Waals surface area contributed by atoms with E-state index < -0.39 is 0 Å². The zero-order valence-electron chi connectivity index (χ0n) is 10.8. The lowest BCUT2D eigenvalue weighted by Crippen LogP contribution is -2.37. The summed E-state index contributed by atoms with van der Waals surface area (Å²) in [5, 5.41) is 3.62. The Morgan fingerprint density at radius 2 is 2.20 bits per heavy atom. The maximum Gasteiger partial charge on any atom is 0.00792 e. The van der Waals surface area contributed by atoms with Crippen LogP contribution in [0.25, 0.3) is 0 Å². The smallest absolute Gasteiger partial charge is 0.00792 e. The van der Waals surface area contributed by atoms with Crippen LogP contribution in [0.3, 0.4) is 0 Å². The van der Waals surface area contributed by atoms with Gasteiger partial charge in [0.25, 0.3) is 0 Å². The van der Waals surface area contributed by atoms with E-state index in [0.29, 0.717) is 0 Å². The van der Waals surface area contributed by atoms with Crippen LogP contribution >= 0.6 is 0 Å². The van der Waals surface area contributed by atoms with E-state index in [1.165, 1.54) is 51.7 Å². The SMILES string of the molecule is CCC(C)CN(C)CCC1CCCCN1. The summed E-state index contributed by atoms with van der Waals surface area (Å²) >= 11 is 0. The number of hydrogen-bond acceptors (Lipinski definition) is 2. The highest BCUT2D eigenvalue weighted by Gasteiger charge is 2.13. The molecule has 0 saturated carbocycles. The molecule has 2 nitrogen and oxygen atoms in total. The summed E-state index contributed by atoms with van der Waals surface area (Å²) in [4.78, 5) is 2.49. The average molecular weight is 212 g/mol. The van der Waals surface area contributed by atoms with Gasteiger partial charge in [0, 0.05) is 12.6 Å². The maximum absolute atomic E-state index is 3.62. The lowest BCUT2D eigenvalue weighted by molar-refractivity contribution is 0.255. The molecule has 0 radical (unpaired) electrons. The molecule has 1 N–H and O–H groups in total. The third-order valence-corrected chi connectivity index (χ3v) is 3.59. The van der Waals surface area contributed by atoms with Gasteiger partial charge in [-0.1, -0.05) is 26.7 Å². The van der Waals surface area contributed by atoms with Gasteiger partial charge in [-0.3, -0.25) is 0 Å². The summed E-state index contributed by atoms with van der Waals surface area (Å²) in [6.07, 6.45) is 6.81. The van der Waals surface area contributed by atoms with Crippen molar-refractivity contribution in [2.24, 2.45) is 5.92 Å². The molecule has 1 aliphatic rings. The second kappa shape index (κ2) is 7.24. The first-order valence-corrected chi connectivity index (χ1v) is 6.64. The van der Waals surface area contributed by atoms with Crippen LogP contribution in [0.1, 0.15) is 46.0 Å². The zero-order chi connectivity index (χ0) is 11.1. The van der Waals surface area contributed by atoms with E-state index in [9.17, 15) is 0 Å². The molecular formula is C13H28N2. The summed E-state index contributed by atoms with van der Waals surface area (Å²) < 4.78 is 0. The van der Waals surface area contributed by atoms with Gasteiger partial charge in [0.15, 0.2) is 0 Å². The predicted molar refractivity (Wildman–Crippen MR) is 67.2 cm³/mol. The minimum absolute atomic E-state index is 0.790. The summed E-state index contributed by atoms with van der Waals surface area (Å²) in [7, 11) is 2.26. The number of hydrogen-bond donors (Lipinski definition) is 1. The molecular weight excluding hydrogens is 184 g/mol. The van der Waals surface area contributed by atoms with Crippen molar-refractivity contribution in [3.05, 3.63) is 0 Å². The van der Waals surface area contributed by atoms with E-state index in [4.69, 9.17) is 0 Å². The molecule has 1 rings (SSSR count). The van der Waals surface area contributed by atoms with Crippen molar-refractivity contribution in [2.75, 3.05) is 26.7 Å². The van der Waals surface area contributed by atoms with Gasteiger partial charge in [-0.2, -0.15) is 0 Å². The van der Waals surface area contributed by atoms with E-state index in [1.807, 2.05) is 0 Å². The molecule has 0 aromatic rings. The number of rotatable bonds is 6. The first-order valence-electron chi connectivity index (χ1n) is 6.64. The van der Waals surface area contributed by atoms with Crippen LogP contribution in [0.2, 0.25) is 0 Å². The molecule has 0 aromatic carbocycles. The molecule has 1 saturated heterocycles. The van der Waals surface area contributed by atoms with Crippen molar-refractivity contribution in [1.29, 1.82) is 0 Å². The van der Waals surface area contributed by atoms with Crippen molar-refractivity contribution in [2.45, 2.75) is 52.0 Å². The molecule has 1 fully saturated rings. The average Bonchev–Trinajstić information content (AvgIpc) is 2.27. The summed E-state index contributed by atoms with van der Waals surface area (Å²) in [5.41, 5.74) is 0. The molecule has 0 aliphatic carbocycles. The quantitative estimate of drug-likeness (QED) is 0.728. The molecule has 0 amide bonds. The highest BCUT2D eigenvalue weighted by Crippen LogP contribution is 2.11. The summed E-state index contributed by atoms with van der Waals surface area (Å²) in [5.74, 6) is 0.842.